The molecule has 0 aliphatic rings. The summed E-state index contributed by atoms with van der Waals surface area (Å²) in [6.45, 7) is 6.76. The number of nitrogens with one attached hydrogen (secondary N) is 2. The fourth-order valence-electron chi connectivity index (χ4n) is 2.71. The molecule has 148 valence electrons. The zero-order valence-electron chi connectivity index (χ0n) is 16.9. The van der Waals surface area contributed by atoms with Crippen molar-refractivity contribution in [3.8, 4) is 0 Å². The third-order valence-electron chi connectivity index (χ3n) is 4.23. The Kier molecular flexibility index (Phi) is 9.21. The summed E-state index contributed by atoms with van der Waals surface area (Å²) < 4.78 is 5.66. The van der Waals surface area contributed by atoms with Crippen molar-refractivity contribution in [2.75, 3.05) is 28.7 Å². The standard InChI is InChI=1S/C22H30I2N3/c1-6-12-23-20-14-16(3)13-17(7-2)22(20)24-21(15-25)27(5)19-10-8-18(26-4)9-11-19/h8-11,13-15,25-26H,6-7,12H2,1-5H3/q-1. The van der Waals surface area contributed by atoms with E-state index in [1.807, 2.05) is 7.05 Å². The van der Waals surface area contributed by atoms with E-state index in [9.17, 15) is 0 Å². The SMILES string of the molecule is CCC[I-]c1cc(C)cc(CC)c1I=C(C=N)N(C)c1ccc(NC)cc1. The Morgan fingerprint density at radius 3 is 2.48 bits per heavy atom. The molecule has 0 amide bonds. The first kappa shape index (κ1) is 22.3. The molecule has 2 aromatic rings. The zero-order chi connectivity index (χ0) is 19.8. The maximum absolute atomic E-state index is 8.07. The van der Waals surface area contributed by atoms with Crippen LogP contribution < -0.4 is 31.4 Å². The molecule has 0 saturated carbocycles. The molecule has 0 spiro atoms. The van der Waals surface area contributed by atoms with Crippen molar-refractivity contribution in [3.05, 3.63) is 54.7 Å². The molecule has 27 heavy (non-hydrogen) atoms. The average Bonchev–Trinajstić information content (AvgIpc) is 2.70. The first-order chi connectivity index (χ1) is 13.0. The van der Waals surface area contributed by atoms with Crippen LogP contribution in [-0.2, 0) is 6.42 Å². The van der Waals surface area contributed by atoms with Gasteiger partial charge in [0.2, 0.25) is 0 Å². The summed E-state index contributed by atoms with van der Waals surface area (Å²) >= 11 is -0.327. The number of aryl methyl sites for hydroxylation is 2. The second-order valence-electron chi connectivity index (χ2n) is 6.31. The van der Waals surface area contributed by atoms with Gasteiger partial charge < -0.3 is 0 Å². The molecule has 5 heteroatoms. The quantitative estimate of drug-likeness (QED) is 0.268. The van der Waals surface area contributed by atoms with E-state index in [2.05, 4.69) is 74.4 Å². The Labute approximate surface area is 184 Å². The van der Waals surface area contributed by atoms with Gasteiger partial charge in [-0.15, -0.1) is 0 Å². The van der Waals surface area contributed by atoms with Gasteiger partial charge in [-0.1, -0.05) is 0 Å². The topological polar surface area (TPSA) is 39.1 Å². The third kappa shape index (κ3) is 6.01. The van der Waals surface area contributed by atoms with Crippen LogP contribution in [0, 0.1) is 19.5 Å². The fraction of sp³-hybridized carbons (Fsp3) is 0.364. The molecular weight excluding hydrogens is 560 g/mol. The van der Waals surface area contributed by atoms with Crippen molar-refractivity contribution in [1.29, 1.82) is 5.41 Å². The van der Waals surface area contributed by atoms with E-state index >= 15 is 0 Å². The molecule has 0 fully saturated rings. The van der Waals surface area contributed by atoms with Gasteiger partial charge >= 0.3 is 186 Å². The van der Waals surface area contributed by atoms with E-state index < -0.39 is 0 Å². The molecule has 0 saturated heterocycles. The zero-order valence-corrected chi connectivity index (χ0v) is 21.2. The van der Waals surface area contributed by atoms with Gasteiger partial charge in [0.25, 0.3) is 0 Å². The second-order valence-corrected chi connectivity index (χ2v) is 12.0. The predicted molar refractivity (Wildman–Crippen MR) is 125 cm³/mol. The van der Waals surface area contributed by atoms with Gasteiger partial charge in [0.1, 0.15) is 0 Å². The predicted octanol–water partition coefficient (Wildman–Crippen LogP) is 2.32. The molecule has 3 nitrogen and oxygen atoms in total. The summed E-state index contributed by atoms with van der Waals surface area (Å²) in [6, 6.07) is 13.2. The number of anilines is 2. The third-order valence-corrected chi connectivity index (χ3v) is 12.0. The van der Waals surface area contributed by atoms with Crippen LogP contribution in [0.25, 0.3) is 0 Å². The van der Waals surface area contributed by atoms with Gasteiger partial charge in [0.15, 0.2) is 0 Å². The first-order valence-electron chi connectivity index (χ1n) is 9.30. The van der Waals surface area contributed by atoms with Crippen LogP contribution in [0.2, 0.25) is 0 Å². The Hall–Kier alpha value is -0.960. The normalized spacial score (nSPS) is 11.8. The van der Waals surface area contributed by atoms with E-state index in [1.165, 1.54) is 22.0 Å². The van der Waals surface area contributed by atoms with Crippen molar-refractivity contribution in [2.45, 2.75) is 33.6 Å². The van der Waals surface area contributed by atoms with Crippen LogP contribution in [0.5, 0.6) is 0 Å². The summed E-state index contributed by atoms with van der Waals surface area (Å²) in [5.41, 5.74) is 5.13. The van der Waals surface area contributed by atoms with Crippen LogP contribution in [0.3, 0.4) is 0 Å². The first-order valence-corrected chi connectivity index (χ1v) is 14.1. The molecule has 0 aromatic heterocycles. The number of hydrogen-bond acceptors (Lipinski definition) is 3. The maximum atomic E-state index is 8.07. The van der Waals surface area contributed by atoms with Gasteiger partial charge in [0, 0.05) is 0 Å². The summed E-state index contributed by atoms with van der Waals surface area (Å²) in [4.78, 5) is 2.20. The summed E-state index contributed by atoms with van der Waals surface area (Å²) in [7, 11) is 4.03. The molecule has 0 unspecified atom stereocenters. The van der Waals surface area contributed by atoms with E-state index in [1.54, 1.807) is 13.4 Å². The van der Waals surface area contributed by atoms with E-state index in [0.717, 1.165) is 21.4 Å². The van der Waals surface area contributed by atoms with Crippen molar-refractivity contribution in [2.24, 2.45) is 0 Å². The Balaban J connectivity index is 2.47. The molecular formula is C22H30I2N3-. The Morgan fingerprint density at radius 2 is 1.93 bits per heavy atom. The molecule has 2 aromatic carbocycles. The van der Waals surface area contributed by atoms with E-state index in [4.69, 9.17) is 5.41 Å². The van der Waals surface area contributed by atoms with Crippen LogP contribution >= 0.6 is 20.7 Å². The minimum atomic E-state index is -0.386. The number of halogens is 2. The molecule has 0 bridgehead atoms. The summed E-state index contributed by atoms with van der Waals surface area (Å²) in [5.74, 6) is 0. The molecule has 0 radical (unpaired) electrons. The number of alkyl halides is 1. The van der Waals surface area contributed by atoms with E-state index in [0.29, 0.717) is 0 Å². The molecule has 2 N–H and O–H groups in total. The molecule has 0 atom stereocenters. The van der Waals surface area contributed by atoms with Gasteiger partial charge in [-0.25, -0.2) is 0 Å². The van der Waals surface area contributed by atoms with Gasteiger partial charge in [0.05, 0.1) is 0 Å². The van der Waals surface area contributed by atoms with Gasteiger partial charge in [-0.3, -0.25) is 0 Å². The number of benzene rings is 2. The van der Waals surface area contributed by atoms with Crippen molar-refractivity contribution >= 4 is 42.0 Å². The van der Waals surface area contributed by atoms with Gasteiger partial charge in [-0.2, -0.15) is 0 Å². The van der Waals surface area contributed by atoms with Crippen LogP contribution in [0.15, 0.2) is 36.4 Å². The summed E-state index contributed by atoms with van der Waals surface area (Å²) in [6.07, 6.45) is 3.91. The molecule has 2 rings (SSSR count). The van der Waals surface area contributed by atoms with Crippen molar-refractivity contribution < 1.29 is 21.2 Å². The van der Waals surface area contributed by atoms with Gasteiger partial charge in [-0.05, 0) is 0 Å². The average molecular weight is 590 g/mol. The monoisotopic (exact) mass is 590 g/mol. The van der Waals surface area contributed by atoms with E-state index in [-0.39, 0.29) is 41.9 Å². The van der Waals surface area contributed by atoms with Crippen LogP contribution in [0.1, 0.15) is 31.4 Å². The van der Waals surface area contributed by atoms with Crippen LogP contribution in [-0.4, -0.2) is 28.4 Å². The molecule has 0 aliphatic carbocycles. The Bertz CT molecular complexity index is 798. The fourth-order valence-corrected chi connectivity index (χ4v) is 9.52. The summed E-state index contributed by atoms with van der Waals surface area (Å²) in [5, 5.41) is 11.2. The van der Waals surface area contributed by atoms with Crippen LogP contribution in [0.4, 0.5) is 11.4 Å². The van der Waals surface area contributed by atoms with Crippen molar-refractivity contribution in [3.63, 3.8) is 0 Å². The second kappa shape index (κ2) is 11.1. The molecule has 0 aliphatic heterocycles. The van der Waals surface area contributed by atoms with Crippen molar-refractivity contribution in [1.82, 2.24) is 0 Å². The molecule has 0 heterocycles. The Morgan fingerprint density at radius 1 is 1.22 bits per heavy atom. The number of rotatable bonds is 9. The number of nitrogens with zero attached hydrogens (tertiary/aromatic N) is 1. The minimum absolute atomic E-state index is 0.0586. The number of hydrogen-bond donors (Lipinski definition) is 2.